The molecule has 0 unspecified atom stereocenters. The maximum Gasteiger partial charge on any atom is 0.258 e. The minimum Gasteiger partial charge on any atom is -0.307 e. The molecule has 0 radical (unpaired) electrons. The number of benzene rings is 1. The Morgan fingerprint density at radius 2 is 1.90 bits per heavy atom. The van der Waals surface area contributed by atoms with Gasteiger partial charge in [0.05, 0.1) is 17.8 Å². The molecule has 6 nitrogen and oxygen atoms in total. The molecular weight excluding hydrogens is 362 g/mol. The molecule has 3 aromatic rings. The first-order valence-corrected chi connectivity index (χ1v) is 10.2. The molecular formula is C23H27N5O. The number of piperidine rings is 1. The zero-order chi connectivity index (χ0) is 20.1. The second kappa shape index (κ2) is 9.01. The molecule has 6 heteroatoms. The molecule has 2 aromatic heterocycles. The van der Waals surface area contributed by atoms with Crippen LogP contribution in [0.3, 0.4) is 0 Å². The predicted octanol–water partition coefficient (Wildman–Crippen LogP) is 3.97. The van der Waals surface area contributed by atoms with E-state index in [-0.39, 0.29) is 5.91 Å². The van der Waals surface area contributed by atoms with Gasteiger partial charge >= 0.3 is 0 Å². The summed E-state index contributed by atoms with van der Waals surface area (Å²) in [5, 5.41) is 7.46. The Balaban J connectivity index is 1.34. The van der Waals surface area contributed by atoms with Crippen molar-refractivity contribution < 1.29 is 4.79 Å². The van der Waals surface area contributed by atoms with E-state index >= 15 is 0 Å². The van der Waals surface area contributed by atoms with Crippen molar-refractivity contribution >= 4 is 11.7 Å². The summed E-state index contributed by atoms with van der Waals surface area (Å²) in [6, 6.07) is 16.4. The van der Waals surface area contributed by atoms with E-state index in [1.807, 2.05) is 10.7 Å². The van der Waals surface area contributed by atoms with E-state index in [1.165, 1.54) is 5.56 Å². The summed E-state index contributed by atoms with van der Waals surface area (Å²) in [6.45, 7) is 5.44. The standard InChI is InChI=1S/C23H27N5O/c1-18(19-6-3-2-4-7-19)17-27-14-10-21(11-15-27)28-22(9-13-25-28)26-23(29)20-8-5-12-24-16-20/h2-9,12-13,16,18,21H,10-11,14-15,17H2,1H3,(H,26,29)/t18-/m1/s1. The minimum atomic E-state index is -0.158. The number of hydrogen-bond donors (Lipinski definition) is 1. The third kappa shape index (κ3) is 4.71. The molecule has 1 aliphatic heterocycles. The first-order valence-electron chi connectivity index (χ1n) is 10.2. The van der Waals surface area contributed by atoms with Gasteiger partial charge in [0.15, 0.2) is 0 Å². The highest BCUT2D eigenvalue weighted by atomic mass is 16.1. The van der Waals surface area contributed by atoms with Gasteiger partial charge in [0.25, 0.3) is 5.91 Å². The number of carbonyl (C=O) groups excluding carboxylic acids is 1. The van der Waals surface area contributed by atoms with E-state index in [9.17, 15) is 4.79 Å². The van der Waals surface area contributed by atoms with E-state index in [0.717, 1.165) is 38.3 Å². The number of carbonyl (C=O) groups is 1. The van der Waals surface area contributed by atoms with Gasteiger partial charge in [0.2, 0.25) is 0 Å². The monoisotopic (exact) mass is 389 g/mol. The van der Waals surface area contributed by atoms with E-state index in [1.54, 1.807) is 30.7 Å². The number of amides is 1. The normalized spacial score (nSPS) is 16.4. The quantitative estimate of drug-likeness (QED) is 0.693. The lowest BCUT2D eigenvalue weighted by molar-refractivity contribution is 0.102. The smallest absolute Gasteiger partial charge is 0.258 e. The summed E-state index contributed by atoms with van der Waals surface area (Å²) in [6.07, 6.45) is 7.04. The summed E-state index contributed by atoms with van der Waals surface area (Å²) in [5.74, 6) is 1.11. The molecule has 0 aliphatic carbocycles. The van der Waals surface area contributed by atoms with Crippen LogP contribution in [0.5, 0.6) is 0 Å². The molecule has 0 spiro atoms. The lowest BCUT2D eigenvalue weighted by Crippen LogP contribution is -2.37. The summed E-state index contributed by atoms with van der Waals surface area (Å²) >= 11 is 0. The Morgan fingerprint density at radius 3 is 2.62 bits per heavy atom. The summed E-state index contributed by atoms with van der Waals surface area (Å²) in [5.41, 5.74) is 1.94. The van der Waals surface area contributed by atoms with Gasteiger partial charge in [0.1, 0.15) is 5.82 Å². The van der Waals surface area contributed by atoms with Crippen molar-refractivity contribution in [3.05, 3.63) is 78.2 Å². The largest absolute Gasteiger partial charge is 0.307 e. The molecule has 4 rings (SSSR count). The average molecular weight is 390 g/mol. The topological polar surface area (TPSA) is 63.1 Å². The van der Waals surface area contributed by atoms with Gasteiger partial charge in [-0.25, -0.2) is 4.68 Å². The minimum absolute atomic E-state index is 0.158. The van der Waals surface area contributed by atoms with Crippen LogP contribution in [-0.4, -0.2) is 45.2 Å². The van der Waals surface area contributed by atoms with Crippen molar-refractivity contribution in [2.24, 2.45) is 0 Å². The van der Waals surface area contributed by atoms with Crippen molar-refractivity contribution in [2.75, 3.05) is 25.0 Å². The highest BCUT2D eigenvalue weighted by molar-refractivity contribution is 6.03. The molecule has 3 heterocycles. The summed E-state index contributed by atoms with van der Waals surface area (Å²) < 4.78 is 1.96. The Morgan fingerprint density at radius 1 is 1.10 bits per heavy atom. The summed E-state index contributed by atoms with van der Waals surface area (Å²) in [4.78, 5) is 19.0. The van der Waals surface area contributed by atoms with Crippen LogP contribution < -0.4 is 5.32 Å². The molecule has 1 fully saturated rings. The van der Waals surface area contributed by atoms with Crippen LogP contribution in [0.1, 0.15) is 47.6 Å². The zero-order valence-electron chi connectivity index (χ0n) is 16.7. The molecule has 0 bridgehead atoms. The predicted molar refractivity (Wildman–Crippen MR) is 114 cm³/mol. The number of pyridine rings is 1. The van der Waals surface area contributed by atoms with Gasteiger partial charge in [0, 0.05) is 38.1 Å². The third-order valence-corrected chi connectivity index (χ3v) is 5.64. The fraction of sp³-hybridized carbons (Fsp3) is 0.348. The van der Waals surface area contributed by atoms with Crippen molar-refractivity contribution in [3.8, 4) is 0 Å². The van der Waals surface area contributed by atoms with Crippen LogP contribution >= 0.6 is 0 Å². The Hall–Kier alpha value is -2.99. The van der Waals surface area contributed by atoms with E-state index in [0.29, 0.717) is 17.5 Å². The fourth-order valence-electron chi connectivity index (χ4n) is 4.01. The number of anilines is 1. The van der Waals surface area contributed by atoms with Crippen molar-refractivity contribution in [2.45, 2.75) is 31.7 Å². The van der Waals surface area contributed by atoms with Gasteiger partial charge in [-0.1, -0.05) is 37.3 Å². The second-order valence-electron chi connectivity index (χ2n) is 7.70. The van der Waals surface area contributed by atoms with E-state index < -0.39 is 0 Å². The van der Waals surface area contributed by atoms with Gasteiger partial charge in [-0.15, -0.1) is 0 Å². The first-order chi connectivity index (χ1) is 14.2. The fourth-order valence-corrected chi connectivity index (χ4v) is 4.01. The van der Waals surface area contributed by atoms with Crippen LogP contribution in [0.15, 0.2) is 67.1 Å². The number of likely N-dealkylation sites (tertiary alicyclic amines) is 1. The molecule has 1 aromatic carbocycles. The summed E-state index contributed by atoms with van der Waals surface area (Å²) in [7, 11) is 0. The first kappa shape index (κ1) is 19.3. The zero-order valence-corrected chi connectivity index (χ0v) is 16.7. The van der Waals surface area contributed by atoms with Crippen LogP contribution in [0, 0.1) is 0 Å². The van der Waals surface area contributed by atoms with E-state index in [4.69, 9.17) is 0 Å². The average Bonchev–Trinajstić information content (AvgIpc) is 3.23. The van der Waals surface area contributed by atoms with E-state index in [2.05, 4.69) is 57.6 Å². The maximum atomic E-state index is 12.5. The molecule has 1 atom stereocenters. The van der Waals surface area contributed by atoms with Crippen LogP contribution in [-0.2, 0) is 0 Å². The van der Waals surface area contributed by atoms with Crippen LogP contribution in [0.4, 0.5) is 5.82 Å². The van der Waals surface area contributed by atoms with Crippen molar-refractivity contribution in [3.63, 3.8) is 0 Å². The molecule has 1 saturated heterocycles. The van der Waals surface area contributed by atoms with Crippen molar-refractivity contribution in [1.82, 2.24) is 19.7 Å². The lowest BCUT2D eigenvalue weighted by atomic mass is 9.98. The SMILES string of the molecule is C[C@H](CN1CCC(n2nccc2NC(=O)c2cccnc2)CC1)c1ccccc1. The molecule has 1 N–H and O–H groups in total. The second-order valence-corrected chi connectivity index (χ2v) is 7.70. The Kier molecular flexibility index (Phi) is 6.00. The number of aromatic nitrogens is 3. The third-order valence-electron chi connectivity index (χ3n) is 5.64. The Labute approximate surface area is 171 Å². The maximum absolute atomic E-state index is 12.5. The number of hydrogen-bond acceptors (Lipinski definition) is 4. The van der Waals surface area contributed by atoms with Crippen LogP contribution in [0.2, 0.25) is 0 Å². The molecule has 1 aliphatic rings. The Bertz CT molecular complexity index is 917. The molecule has 29 heavy (non-hydrogen) atoms. The van der Waals surface area contributed by atoms with Crippen LogP contribution in [0.25, 0.3) is 0 Å². The molecule has 0 saturated carbocycles. The lowest BCUT2D eigenvalue weighted by Gasteiger charge is -2.34. The molecule has 150 valence electrons. The molecule has 1 amide bonds. The van der Waals surface area contributed by atoms with Gasteiger partial charge in [-0.05, 0) is 36.5 Å². The number of nitrogens with zero attached hydrogens (tertiary/aromatic N) is 4. The van der Waals surface area contributed by atoms with Gasteiger partial charge in [-0.2, -0.15) is 5.10 Å². The van der Waals surface area contributed by atoms with Gasteiger partial charge < -0.3 is 10.2 Å². The number of nitrogens with one attached hydrogen (secondary N) is 1. The van der Waals surface area contributed by atoms with Crippen molar-refractivity contribution in [1.29, 1.82) is 0 Å². The number of rotatable bonds is 6. The highest BCUT2D eigenvalue weighted by Crippen LogP contribution is 2.27. The highest BCUT2D eigenvalue weighted by Gasteiger charge is 2.24. The van der Waals surface area contributed by atoms with Gasteiger partial charge in [-0.3, -0.25) is 9.78 Å².